The van der Waals surface area contributed by atoms with Crippen LogP contribution in [0, 0.1) is 5.92 Å². The second kappa shape index (κ2) is 8.06. The summed E-state index contributed by atoms with van der Waals surface area (Å²) in [6.45, 7) is 2.26. The lowest BCUT2D eigenvalue weighted by Gasteiger charge is -2.11. The predicted octanol–water partition coefficient (Wildman–Crippen LogP) is 3.97. The summed E-state index contributed by atoms with van der Waals surface area (Å²) in [5.41, 5.74) is 0. The summed E-state index contributed by atoms with van der Waals surface area (Å²) in [6.07, 6.45) is 5.38. The van der Waals surface area contributed by atoms with Gasteiger partial charge in [0.1, 0.15) is 0 Å². The molecule has 10 heavy (non-hydrogen) atoms. The zero-order valence-electron chi connectivity index (χ0n) is 6.58. The lowest BCUT2D eigenvalue weighted by atomic mass is 9.98. The summed E-state index contributed by atoms with van der Waals surface area (Å²) < 4.78 is 0. The van der Waals surface area contributed by atoms with E-state index >= 15 is 0 Å². The van der Waals surface area contributed by atoms with Gasteiger partial charge in [-0.3, -0.25) is 0 Å². The summed E-state index contributed by atoms with van der Waals surface area (Å²) in [7, 11) is 0. The highest BCUT2D eigenvalue weighted by atomic mass is 79.9. The van der Waals surface area contributed by atoms with Gasteiger partial charge in [-0.15, -0.1) is 0 Å². The van der Waals surface area contributed by atoms with Gasteiger partial charge in [-0.1, -0.05) is 51.6 Å². The van der Waals surface area contributed by atoms with Gasteiger partial charge in [-0.2, -0.15) is 0 Å². The molecule has 0 heterocycles. The van der Waals surface area contributed by atoms with Crippen molar-refractivity contribution in [3.05, 3.63) is 0 Å². The molecule has 0 radical (unpaired) electrons. The van der Waals surface area contributed by atoms with Crippen LogP contribution in [0.5, 0.6) is 0 Å². The van der Waals surface area contributed by atoms with Gasteiger partial charge in [-0.05, 0) is 18.8 Å². The maximum atomic E-state index is 3.47. The van der Waals surface area contributed by atoms with Crippen molar-refractivity contribution in [2.75, 3.05) is 10.7 Å². The lowest BCUT2D eigenvalue weighted by molar-refractivity contribution is 0.459. The van der Waals surface area contributed by atoms with Crippen LogP contribution in [0.15, 0.2) is 0 Å². The molecule has 0 amide bonds. The molecular formula is C8H16Br2. The van der Waals surface area contributed by atoms with Crippen molar-refractivity contribution in [3.63, 3.8) is 0 Å². The van der Waals surface area contributed by atoms with E-state index in [4.69, 9.17) is 0 Å². The van der Waals surface area contributed by atoms with Gasteiger partial charge in [0, 0.05) is 10.7 Å². The van der Waals surface area contributed by atoms with Crippen LogP contribution in [0.25, 0.3) is 0 Å². The van der Waals surface area contributed by atoms with Crippen LogP contribution in [0.1, 0.15) is 32.6 Å². The molecule has 0 unspecified atom stereocenters. The summed E-state index contributed by atoms with van der Waals surface area (Å²) in [5.74, 6) is 0.934. The summed E-state index contributed by atoms with van der Waals surface area (Å²) in [4.78, 5) is 0. The minimum Gasteiger partial charge on any atom is -0.0928 e. The summed E-state index contributed by atoms with van der Waals surface area (Å²) >= 11 is 6.95. The zero-order valence-corrected chi connectivity index (χ0v) is 9.75. The predicted molar refractivity (Wildman–Crippen MR) is 55.2 cm³/mol. The molecule has 0 saturated heterocycles. The molecule has 0 rings (SSSR count). The largest absolute Gasteiger partial charge is 0.0928 e. The summed E-state index contributed by atoms with van der Waals surface area (Å²) in [6, 6.07) is 0. The van der Waals surface area contributed by atoms with E-state index in [1.54, 1.807) is 0 Å². The Hall–Kier alpha value is 0.960. The Kier molecular flexibility index (Phi) is 8.83. The lowest BCUT2D eigenvalue weighted by Crippen LogP contribution is -2.01. The zero-order chi connectivity index (χ0) is 7.82. The maximum Gasteiger partial charge on any atom is 0.00339 e. The molecule has 0 N–H and O–H groups in total. The van der Waals surface area contributed by atoms with E-state index in [0.29, 0.717) is 0 Å². The average molecular weight is 272 g/mol. The minimum atomic E-state index is 0.934. The molecule has 0 aromatic rings. The molecule has 0 nitrogen and oxygen atoms in total. The molecule has 0 spiro atoms. The van der Waals surface area contributed by atoms with Gasteiger partial charge in [0.25, 0.3) is 0 Å². The van der Waals surface area contributed by atoms with Gasteiger partial charge in [0.15, 0.2) is 0 Å². The smallest absolute Gasteiger partial charge is 0.00339 e. The number of hydrogen-bond donors (Lipinski definition) is 0. The first-order chi connectivity index (χ1) is 4.85. The minimum absolute atomic E-state index is 0.934. The van der Waals surface area contributed by atoms with E-state index in [2.05, 4.69) is 38.8 Å². The molecule has 0 bridgehead atoms. The van der Waals surface area contributed by atoms with Crippen molar-refractivity contribution in [2.24, 2.45) is 5.92 Å². The van der Waals surface area contributed by atoms with E-state index in [1.165, 1.54) is 25.7 Å². The molecule has 2 heteroatoms. The monoisotopic (exact) mass is 270 g/mol. The molecule has 0 fully saturated rings. The van der Waals surface area contributed by atoms with E-state index in [9.17, 15) is 0 Å². The van der Waals surface area contributed by atoms with E-state index in [1.807, 2.05) is 0 Å². The van der Waals surface area contributed by atoms with Gasteiger partial charge in [0.05, 0.1) is 0 Å². The van der Waals surface area contributed by atoms with Crippen LogP contribution < -0.4 is 0 Å². The highest BCUT2D eigenvalue weighted by Crippen LogP contribution is 2.17. The maximum absolute atomic E-state index is 3.47. The fourth-order valence-electron chi connectivity index (χ4n) is 1.15. The molecule has 0 aromatic carbocycles. The van der Waals surface area contributed by atoms with E-state index < -0.39 is 0 Å². The topological polar surface area (TPSA) is 0 Å². The Morgan fingerprint density at radius 3 is 1.80 bits per heavy atom. The molecule has 0 saturated carbocycles. The van der Waals surface area contributed by atoms with E-state index in [-0.39, 0.29) is 0 Å². The van der Waals surface area contributed by atoms with Crippen LogP contribution in [0.4, 0.5) is 0 Å². The fraction of sp³-hybridized carbons (Fsp3) is 1.00. The van der Waals surface area contributed by atoms with Gasteiger partial charge in [0.2, 0.25) is 0 Å². The number of rotatable bonds is 6. The molecule has 0 aromatic heterocycles. The Morgan fingerprint density at radius 1 is 1.00 bits per heavy atom. The Balaban J connectivity index is 3.30. The molecule has 62 valence electrons. The van der Waals surface area contributed by atoms with Crippen LogP contribution in [0.2, 0.25) is 0 Å². The Morgan fingerprint density at radius 2 is 1.50 bits per heavy atom. The second-order valence-corrected chi connectivity index (χ2v) is 4.20. The first kappa shape index (κ1) is 11.0. The third-order valence-corrected chi connectivity index (χ3v) is 2.65. The van der Waals surface area contributed by atoms with E-state index in [0.717, 1.165) is 16.6 Å². The van der Waals surface area contributed by atoms with Crippen molar-refractivity contribution in [1.82, 2.24) is 0 Å². The number of hydrogen-bond acceptors (Lipinski definition) is 0. The average Bonchev–Trinajstić information content (AvgIpc) is 1.90. The number of halogens is 2. The van der Waals surface area contributed by atoms with Gasteiger partial charge < -0.3 is 0 Å². The quantitative estimate of drug-likeness (QED) is 0.642. The normalized spacial score (nSPS) is 10.8. The van der Waals surface area contributed by atoms with Crippen molar-refractivity contribution < 1.29 is 0 Å². The number of alkyl halides is 2. The van der Waals surface area contributed by atoms with Crippen LogP contribution in [0.3, 0.4) is 0 Å². The SMILES string of the molecule is CCCC(CCBr)CCBr. The molecule has 0 aliphatic rings. The highest BCUT2D eigenvalue weighted by molar-refractivity contribution is 9.09. The standard InChI is InChI=1S/C8H16Br2/c1-2-3-8(4-6-9)5-7-10/h8H,2-7H2,1H3. The van der Waals surface area contributed by atoms with Crippen molar-refractivity contribution in [1.29, 1.82) is 0 Å². The highest BCUT2D eigenvalue weighted by Gasteiger charge is 2.04. The van der Waals surface area contributed by atoms with Crippen molar-refractivity contribution in [2.45, 2.75) is 32.6 Å². The molecule has 0 atom stereocenters. The van der Waals surface area contributed by atoms with Gasteiger partial charge in [-0.25, -0.2) is 0 Å². The molecular weight excluding hydrogens is 256 g/mol. The third kappa shape index (κ3) is 5.72. The Labute approximate surface area is 81.0 Å². The summed E-state index contributed by atoms with van der Waals surface area (Å²) in [5, 5.41) is 2.31. The third-order valence-electron chi connectivity index (χ3n) is 1.73. The molecule has 0 aliphatic heterocycles. The fourth-order valence-corrected chi connectivity index (χ4v) is 2.44. The van der Waals surface area contributed by atoms with Gasteiger partial charge >= 0.3 is 0 Å². The first-order valence-corrected chi connectivity index (χ1v) is 6.21. The van der Waals surface area contributed by atoms with Crippen LogP contribution >= 0.6 is 31.9 Å². The first-order valence-electron chi connectivity index (χ1n) is 3.97. The van der Waals surface area contributed by atoms with Crippen molar-refractivity contribution >= 4 is 31.9 Å². The Bertz CT molecular complexity index is 50.0. The van der Waals surface area contributed by atoms with Crippen LogP contribution in [-0.2, 0) is 0 Å². The van der Waals surface area contributed by atoms with Crippen LogP contribution in [-0.4, -0.2) is 10.7 Å². The molecule has 0 aliphatic carbocycles. The second-order valence-electron chi connectivity index (χ2n) is 2.61. The van der Waals surface area contributed by atoms with Crippen molar-refractivity contribution in [3.8, 4) is 0 Å².